The molecule has 0 spiro atoms. The molecule has 2 rings (SSSR count). The normalized spacial score (nSPS) is 12.6. The van der Waals surface area contributed by atoms with Crippen LogP contribution in [0.1, 0.15) is 37.6 Å². The van der Waals surface area contributed by atoms with Crippen molar-refractivity contribution >= 4 is 15.9 Å². The van der Waals surface area contributed by atoms with Gasteiger partial charge in [-0.15, -0.1) is 0 Å². The van der Waals surface area contributed by atoms with E-state index in [0.717, 1.165) is 30.4 Å². The SMILES string of the molecule is CCCNC(Cc1ccc(Br)cc1)c1ccnn1CC. The molecular formula is C16H22BrN3. The van der Waals surface area contributed by atoms with Crippen LogP contribution in [-0.4, -0.2) is 16.3 Å². The summed E-state index contributed by atoms with van der Waals surface area (Å²) in [5.41, 5.74) is 2.61. The van der Waals surface area contributed by atoms with Crippen LogP contribution in [0, 0.1) is 0 Å². The second kappa shape index (κ2) is 7.60. The van der Waals surface area contributed by atoms with Gasteiger partial charge in [-0.05, 0) is 50.1 Å². The minimum Gasteiger partial charge on any atom is -0.308 e. The van der Waals surface area contributed by atoms with Crippen molar-refractivity contribution in [1.82, 2.24) is 15.1 Å². The summed E-state index contributed by atoms with van der Waals surface area (Å²) in [4.78, 5) is 0. The highest BCUT2D eigenvalue weighted by molar-refractivity contribution is 9.10. The van der Waals surface area contributed by atoms with E-state index in [-0.39, 0.29) is 0 Å². The number of rotatable bonds is 7. The number of hydrogen-bond donors (Lipinski definition) is 1. The molecule has 1 unspecified atom stereocenters. The Labute approximate surface area is 129 Å². The Morgan fingerprint density at radius 2 is 1.95 bits per heavy atom. The van der Waals surface area contributed by atoms with Gasteiger partial charge in [-0.2, -0.15) is 5.10 Å². The van der Waals surface area contributed by atoms with Gasteiger partial charge in [0.25, 0.3) is 0 Å². The van der Waals surface area contributed by atoms with E-state index >= 15 is 0 Å². The van der Waals surface area contributed by atoms with Crippen molar-refractivity contribution in [1.29, 1.82) is 0 Å². The van der Waals surface area contributed by atoms with Crippen LogP contribution in [0.25, 0.3) is 0 Å². The topological polar surface area (TPSA) is 29.9 Å². The van der Waals surface area contributed by atoms with Crippen molar-refractivity contribution in [2.24, 2.45) is 0 Å². The first-order valence-electron chi connectivity index (χ1n) is 7.24. The first-order valence-corrected chi connectivity index (χ1v) is 8.03. The minimum absolute atomic E-state index is 0.318. The molecule has 1 heterocycles. The predicted octanol–water partition coefficient (Wildman–Crippen LogP) is 3.95. The van der Waals surface area contributed by atoms with Gasteiger partial charge in [-0.25, -0.2) is 0 Å². The van der Waals surface area contributed by atoms with Gasteiger partial charge >= 0.3 is 0 Å². The van der Waals surface area contributed by atoms with Crippen molar-refractivity contribution in [3.05, 3.63) is 52.3 Å². The lowest BCUT2D eigenvalue weighted by Crippen LogP contribution is -2.26. The van der Waals surface area contributed by atoms with Gasteiger partial charge in [-0.3, -0.25) is 4.68 Å². The van der Waals surface area contributed by atoms with Crippen LogP contribution in [0.4, 0.5) is 0 Å². The van der Waals surface area contributed by atoms with Gasteiger partial charge in [0.1, 0.15) is 0 Å². The summed E-state index contributed by atoms with van der Waals surface area (Å²) in [7, 11) is 0. The van der Waals surface area contributed by atoms with E-state index in [1.54, 1.807) is 0 Å². The Morgan fingerprint density at radius 3 is 2.60 bits per heavy atom. The number of hydrogen-bond acceptors (Lipinski definition) is 2. The van der Waals surface area contributed by atoms with Crippen LogP contribution in [0.5, 0.6) is 0 Å². The van der Waals surface area contributed by atoms with E-state index in [9.17, 15) is 0 Å². The fourth-order valence-corrected chi connectivity index (χ4v) is 2.62. The lowest BCUT2D eigenvalue weighted by molar-refractivity contribution is 0.479. The van der Waals surface area contributed by atoms with Gasteiger partial charge in [-0.1, -0.05) is 35.0 Å². The molecule has 1 aromatic heterocycles. The molecule has 0 saturated heterocycles. The van der Waals surface area contributed by atoms with Crippen LogP contribution in [0.2, 0.25) is 0 Å². The third-order valence-corrected chi connectivity index (χ3v) is 3.93. The van der Waals surface area contributed by atoms with Gasteiger partial charge < -0.3 is 5.32 Å². The van der Waals surface area contributed by atoms with E-state index in [1.165, 1.54) is 11.3 Å². The maximum absolute atomic E-state index is 4.39. The van der Waals surface area contributed by atoms with Crippen molar-refractivity contribution in [2.75, 3.05) is 6.54 Å². The molecule has 0 saturated carbocycles. The molecule has 108 valence electrons. The smallest absolute Gasteiger partial charge is 0.0556 e. The van der Waals surface area contributed by atoms with E-state index in [2.05, 4.69) is 75.2 Å². The number of benzene rings is 1. The maximum Gasteiger partial charge on any atom is 0.0556 e. The Balaban J connectivity index is 2.17. The molecule has 0 aliphatic heterocycles. The second-order valence-corrected chi connectivity index (χ2v) is 5.82. The zero-order chi connectivity index (χ0) is 14.4. The molecule has 3 nitrogen and oxygen atoms in total. The highest BCUT2D eigenvalue weighted by Crippen LogP contribution is 2.20. The summed E-state index contributed by atoms with van der Waals surface area (Å²) in [5.74, 6) is 0. The van der Waals surface area contributed by atoms with Crippen molar-refractivity contribution in [2.45, 2.75) is 39.3 Å². The van der Waals surface area contributed by atoms with Gasteiger partial charge in [0.05, 0.1) is 11.7 Å². The fraction of sp³-hybridized carbons (Fsp3) is 0.438. The molecule has 0 amide bonds. The summed E-state index contributed by atoms with van der Waals surface area (Å²) >= 11 is 3.49. The summed E-state index contributed by atoms with van der Waals surface area (Å²) in [6.07, 6.45) is 4.01. The molecule has 20 heavy (non-hydrogen) atoms. The fourth-order valence-electron chi connectivity index (χ4n) is 2.36. The zero-order valence-corrected chi connectivity index (χ0v) is 13.7. The molecule has 0 aliphatic rings. The molecule has 0 fully saturated rings. The first kappa shape index (κ1) is 15.3. The van der Waals surface area contributed by atoms with Crippen LogP contribution >= 0.6 is 15.9 Å². The minimum atomic E-state index is 0.318. The van der Waals surface area contributed by atoms with Crippen LogP contribution in [0.3, 0.4) is 0 Å². The largest absolute Gasteiger partial charge is 0.308 e. The van der Waals surface area contributed by atoms with Gasteiger partial charge in [0, 0.05) is 17.2 Å². The number of aryl methyl sites for hydroxylation is 1. The Kier molecular flexibility index (Phi) is 5.80. The number of nitrogens with one attached hydrogen (secondary N) is 1. The van der Waals surface area contributed by atoms with E-state index in [0.29, 0.717) is 6.04 Å². The lowest BCUT2D eigenvalue weighted by Gasteiger charge is -2.20. The number of nitrogens with zero attached hydrogens (tertiary/aromatic N) is 2. The Bertz CT molecular complexity index is 519. The Morgan fingerprint density at radius 1 is 1.20 bits per heavy atom. The molecule has 1 atom stereocenters. The van der Waals surface area contributed by atoms with E-state index in [1.807, 2.05) is 6.20 Å². The third kappa shape index (κ3) is 3.93. The van der Waals surface area contributed by atoms with Crippen molar-refractivity contribution < 1.29 is 0 Å². The molecule has 1 N–H and O–H groups in total. The number of halogens is 1. The predicted molar refractivity (Wildman–Crippen MR) is 86.8 cm³/mol. The van der Waals surface area contributed by atoms with Gasteiger partial charge in [0.2, 0.25) is 0 Å². The first-order chi connectivity index (χ1) is 9.74. The number of aromatic nitrogens is 2. The summed E-state index contributed by atoms with van der Waals surface area (Å²) in [5, 5.41) is 8.03. The van der Waals surface area contributed by atoms with Crippen molar-refractivity contribution in [3.8, 4) is 0 Å². The molecule has 4 heteroatoms. The van der Waals surface area contributed by atoms with Crippen LogP contribution in [0.15, 0.2) is 41.0 Å². The zero-order valence-electron chi connectivity index (χ0n) is 12.1. The van der Waals surface area contributed by atoms with Crippen LogP contribution < -0.4 is 5.32 Å². The molecular weight excluding hydrogens is 314 g/mol. The standard InChI is InChI=1S/C16H22BrN3/c1-3-10-18-15(16-9-11-19-20(16)4-2)12-13-5-7-14(17)8-6-13/h5-9,11,15,18H,3-4,10,12H2,1-2H3. The van der Waals surface area contributed by atoms with Crippen LogP contribution in [-0.2, 0) is 13.0 Å². The summed E-state index contributed by atoms with van der Waals surface area (Å²) in [6, 6.07) is 11.0. The molecule has 0 radical (unpaired) electrons. The molecule has 0 aliphatic carbocycles. The van der Waals surface area contributed by atoms with E-state index < -0.39 is 0 Å². The molecule has 0 bridgehead atoms. The third-order valence-electron chi connectivity index (χ3n) is 3.40. The van der Waals surface area contributed by atoms with Crippen molar-refractivity contribution in [3.63, 3.8) is 0 Å². The van der Waals surface area contributed by atoms with Gasteiger partial charge in [0.15, 0.2) is 0 Å². The second-order valence-electron chi connectivity index (χ2n) is 4.91. The summed E-state index contributed by atoms with van der Waals surface area (Å²) in [6.45, 7) is 6.26. The average Bonchev–Trinajstić information content (AvgIpc) is 2.94. The monoisotopic (exact) mass is 335 g/mol. The molecule has 2 aromatic rings. The maximum atomic E-state index is 4.39. The lowest BCUT2D eigenvalue weighted by atomic mass is 10.0. The van der Waals surface area contributed by atoms with E-state index in [4.69, 9.17) is 0 Å². The Hall–Kier alpha value is -1.13. The highest BCUT2D eigenvalue weighted by atomic mass is 79.9. The summed E-state index contributed by atoms with van der Waals surface area (Å²) < 4.78 is 3.20. The molecule has 1 aromatic carbocycles. The average molecular weight is 336 g/mol. The highest BCUT2D eigenvalue weighted by Gasteiger charge is 2.15. The quantitative estimate of drug-likeness (QED) is 0.830.